The van der Waals surface area contributed by atoms with Crippen LogP contribution in [0.2, 0.25) is 0 Å². The molecule has 15 heteroatoms. The summed E-state index contributed by atoms with van der Waals surface area (Å²) in [5.41, 5.74) is -0.653. The predicted molar refractivity (Wildman–Crippen MR) is 140 cm³/mol. The van der Waals surface area contributed by atoms with Gasteiger partial charge in [0.25, 0.3) is 0 Å². The van der Waals surface area contributed by atoms with Gasteiger partial charge in [0.15, 0.2) is 5.71 Å². The number of hydrogen-bond acceptors (Lipinski definition) is 12. The minimum Gasteiger partial charge on any atom is -0.264 e. The highest BCUT2D eigenvalue weighted by atomic mass is 32.2. The first kappa shape index (κ1) is 27.9. The van der Waals surface area contributed by atoms with Crippen molar-refractivity contribution in [3.05, 3.63) is 91.0 Å². The second kappa shape index (κ2) is 11.8. The van der Waals surface area contributed by atoms with Crippen molar-refractivity contribution in [2.75, 3.05) is 0 Å². The van der Waals surface area contributed by atoms with Crippen molar-refractivity contribution in [2.45, 2.75) is 33.9 Å². The first-order chi connectivity index (χ1) is 18.6. The van der Waals surface area contributed by atoms with E-state index in [2.05, 4.69) is 15.5 Å². The van der Waals surface area contributed by atoms with E-state index in [9.17, 15) is 25.3 Å². The van der Waals surface area contributed by atoms with Gasteiger partial charge in [-0.3, -0.25) is 12.9 Å². The predicted octanol–water partition coefficient (Wildman–Crippen LogP) is 3.45. The van der Waals surface area contributed by atoms with Crippen molar-refractivity contribution >= 4 is 47.5 Å². The SMILES string of the molecule is O=S(=O)(O/N=C1/CCCC(=N\OS(=O)(=O)c2ccccc2)/C1=N\OS(=O)(=O)c1ccccc1)c1ccccc1. The summed E-state index contributed by atoms with van der Waals surface area (Å²) in [6.45, 7) is 0. The standard InChI is InChI=1S/C24H21N3O9S3/c28-37(29,19-11-4-1-5-12-19)34-25-22-17-10-18-23(26-35-38(30,31)20-13-6-2-7-14-20)24(22)27-36-39(32,33)21-15-8-3-9-16-21/h1-9,11-16H,10,17-18H2/b25-22-,26-23+,27-24-. The smallest absolute Gasteiger partial charge is 0.264 e. The van der Waals surface area contributed by atoms with Crippen LogP contribution < -0.4 is 0 Å². The molecule has 1 fully saturated rings. The van der Waals surface area contributed by atoms with Gasteiger partial charge < -0.3 is 0 Å². The van der Waals surface area contributed by atoms with Gasteiger partial charge in [0, 0.05) is 0 Å². The lowest BCUT2D eigenvalue weighted by molar-refractivity contribution is 0.330. The van der Waals surface area contributed by atoms with Crippen LogP contribution in [0.3, 0.4) is 0 Å². The van der Waals surface area contributed by atoms with Gasteiger partial charge in [0.05, 0.1) is 0 Å². The minimum atomic E-state index is -4.39. The van der Waals surface area contributed by atoms with Crippen molar-refractivity contribution in [3.63, 3.8) is 0 Å². The van der Waals surface area contributed by atoms with E-state index in [-0.39, 0.29) is 44.7 Å². The van der Waals surface area contributed by atoms with E-state index in [1.165, 1.54) is 72.8 Å². The van der Waals surface area contributed by atoms with Gasteiger partial charge in [-0.25, -0.2) is 0 Å². The third kappa shape index (κ3) is 7.07. The summed E-state index contributed by atoms with van der Waals surface area (Å²) < 4.78 is 89.9. The highest BCUT2D eigenvalue weighted by Gasteiger charge is 2.28. The van der Waals surface area contributed by atoms with Gasteiger partial charge in [0.1, 0.15) is 26.1 Å². The molecular formula is C24H21N3O9S3. The van der Waals surface area contributed by atoms with Crippen LogP contribution in [0.15, 0.2) is 121 Å². The van der Waals surface area contributed by atoms with Crippen molar-refractivity contribution in [1.29, 1.82) is 0 Å². The topological polar surface area (TPSA) is 167 Å². The van der Waals surface area contributed by atoms with Gasteiger partial charge in [0.2, 0.25) is 0 Å². The van der Waals surface area contributed by atoms with Crippen LogP contribution >= 0.6 is 0 Å². The van der Waals surface area contributed by atoms with Crippen LogP contribution in [0.5, 0.6) is 0 Å². The molecule has 0 atom stereocenters. The zero-order valence-corrected chi connectivity index (χ0v) is 22.5. The number of oxime groups is 3. The molecule has 0 aliphatic heterocycles. The largest absolute Gasteiger partial charge is 0.358 e. The number of hydrogen-bond donors (Lipinski definition) is 0. The molecule has 4 rings (SSSR count). The number of rotatable bonds is 9. The molecule has 204 valence electrons. The van der Waals surface area contributed by atoms with E-state index >= 15 is 0 Å². The summed E-state index contributed by atoms with van der Waals surface area (Å²) in [5, 5.41) is 11.0. The first-order valence-electron chi connectivity index (χ1n) is 11.3. The van der Waals surface area contributed by atoms with E-state index in [0.29, 0.717) is 6.42 Å². The Labute approximate surface area is 225 Å². The molecule has 0 spiro atoms. The Hall–Kier alpha value is -4.08. The molecule has 3 aromatic rings. The molecule has 12 nitrogen and oxygen atoms in total. The molecule has 3 aromatic carbocycles. The molecule has 0 unspecified atom stereocenters. The zero-order valence-electron chi connectivity index (χ0n) is 20.0. The molecule has 0 amide bonds. The third-order valence-corrected chi connectivity index (χ3v) is 8.55. The monoisotopic (exact) mass is 591 g/mol. The Morgan fingerprint density at radius 1 is 0.462 bits per heavy atom. The molecule has 0 heterocycles. The van der Waals surface area contributed by atoms with E-state index in [1.807, 2.05) is 0 Å². The first-order valence-corrected chi connectivity index (χ1v) is 15.5. The highest BCUT2D eigenvalue weighted by Crippen LogP contribution is 2.20. The van der Waals surface area contributed by atoms with Gasteiger partial charge in [-0.2, -0.15) is 25.3 Å². The van der Waals surface area contributed by atoms with Crippen LogP contribution in [-0.4, -0.2) is 42.4 Å². The normalized spacial score (nSPS) is 17.7. The van der Waals surface area contributed by atoms with Gasteiger partial charge in [-0.1, -0.05) is 70.1 Å². The Morgan fingerprint density at radius 3 is 1.10 bits per heavy atom. The van der Waals surface area contributed by atoms with E-state index in [4.69, 9.17) is 12.9 Å². The Bertz CT molecular complexity index is 1630. The average Bonchev–Trinajstić information content (AvgIpc) is 2.95. The summed E-state index contributed by atoms with van der Waals surface area (Å²) >= 11 is 0. The average molecular weight is 592 g/mol. The quantitative estimate of drug-likeness (QED) is 0.339. The van der Waals surface area contributed by atoms with Crippen LogP contribution in [0, 0.1) is 0 Å². The van der Waals surface area contributed by atoms with E-state index in [0.717, 1.165) is 0 Å². The summed E-state index contributed by atoms with van der Waals surface area (Å²) in [7, 11) is -13.0. The molecule has 39 heavy (non-hydrogen) atoms. The summed E-state index contributed by atoms with van der Waals surface area (Å²) in [4.78, 5) is -0.539. The Morgan fingerprint density at radius 2 is 0.769 bits per heavy atom. The second-order valence-corrected chi connectivity index (χ2v) is 12.5. The zero-order chi connectivity index (χ0) is 27.9. The lowest BCUT2D eigenvalue weighted by atomic mass is 9.94. The molecule has 0 radical (unpaired) electrons. The Balaban J connectivity index is 1.69. The van der Waals surface area contributed by atoms with Gasteiger partial charge in [-0.05, 0) is 55.7 Å². The molecule has 0 aromatic heterocycles. The molecule has 0 saturated heterocycles. The van der Waals surface area contributed by atoms with Gasteiger partial charge >= 0.3 is 30.4 Å². The maximum Gasteiger partial charge on any atom is 0.358 e. The summed E-state index contributed by atoms with van der Waals surface area (Å²) in [6, 6.07) is 21.6. The van der Waals surface area contributed by atoms with Crippen molar-refractivity contribution in [3.8, 4) is 0 Å². The molecule has 0 N–H and O–H groups in total. The van der Waals surface area contributed by atoms with Crippen LogP contribution in [-0.2, 0) is 43.2 Å². The summed E-state index contributed by atoms with van der Waals surface area (Å²) in [5.74, 6) is 0. The van der Waals surface area contributed by atoms with Gasteiger partial charge in [-0.15, -0.1) is 0 Å². The van der Waals surface area contributed by atoms with E-state index < -0.39 is 30.4 Å². The fraction of sp³-hybridized carbons (Fsp3) is 0.125. The maximum absolute atomic E-state index is 12.6. The van der Waals surface area contributed by atoms with Crippen molar-refractivity contribution in [2.24, 2.45) is 15.5 Å². The fourth-order valence-electron chi connectivity index (χ4n) is 3.27. The van der Waals surface area contributed by atoms with E-state index in [1.54, 1.807) is 18.2 Å². The molecule has 1 saturated carbocycles. The number of benzene rings is 3. The molecule has 1 aliphatic carbocycles. The molecular weight excluding hydrogens is 570 g/mol. The van der Waals surface area contributed by atoms with Crippen LogP contribution in [0.25, 0.3) is 0 Å². The van der Waals surface area contributed by atoms with Crippen LogP contribution in [0.4, 0.5) is 0 Å². The summed E-state index contributed by atoms with van der Waals surface area (Å²) in [6.07, 6.45) is 0.482. The molecule has 0 bridgehead atoms. The third-order valence-electron chi connectivity index (χ3n) is 5.19. The highest BCUT2D eigenvalue weighted by molar-refractivity contribution is 7.87. The van der Waals surface area contributed by atoms with Crippen LogP contribution in [0.1, 0.15) is 19.3 Å². The lowest BCUT2D eigenvalue weighted by Crippen LogP contribution is -2.31. The van der Waals surface area contributed by atoms with Crippen molar-refractivity contribution in [1.82, 2.24) is 0 Å². The molecule has 1 aliphatic rings. The fourth-order valence-corrected chi connectivity index (χ4v) is 5.55. The number of nitrogens with zero attached hydrogens (tertiary/aromatic N) is 3. The lowest BCUT2D eigenvalue weighted by Gasteiger charge is -2.16. The maximum atomic E-state index is 12.6. The van der Waals surface area contributed by atoms with Crippen molar-refractivity contribution < 1.29 is 38.1 Å². The second-order valence-electron chi connectivity index (χ2n) is 7.89. The Kier molecular flexibility index (Phi) is 8.42. The minimum absolute atomic E-state index is 0.0857.